The molecule has 6 nitrogen and oxygen atoms in total. The molecule has 3 amide bonds. The van der Waals surface area contributed by atoms with Crippen LogP contribution < -0.4 is 20.7 Å². The molecule has 0 saturated heterocycles. The number of ether oxygens (including phenoxy) is 1. The van der Waals surface area contributed by atoms with Crippen LogP contribution in [0.15, 0.2) is 59.8 Å². The lowest BCUT2D eigenvalue weighted by Gasteiger charge is -2.29. The van der Waals surface area contributed by atoms with Crippen molar-refractivity contribution in [1.82, 2.24) is 10.6 Å². The number of hydrogen-bond donors (Lipinski definition) is 3. The van der Waals surface area contributed by atoms with E-state index < -0.39 is 12.1 Å². The van der Waals surface area contributed by atoms with E-state index >= 15 is 0 Å². The highest BCUT2D eigenvalue weighted by Crippen LogP contribution is 2.35. The zero-order valence-electron chi connectivity index (χ0n) is 15.0. The van der Waals surface area contributed by atoms with E-state index in [1.165, 1.54) is 0 Å². The number of hydrogen-bond acceptors (Lipinski definition) is 3. The Kier molecular flexibility index (Phi) is 5.66. The normalized spacial score (nSPS) is 16.4. The molecule has 0 fully saturated rings. The van der Waals surface area contributed by atoms with Gasteiger partial charge in [-0.1, -0.05) is 29.8 Å². The lowest BCUT2D eigenvalue weighted by molar-refractivity contribution is -0.113. The second kappa shape index (κ2) is 8.14. The number of nitrogens with one attached hydrogen (secondary N) is 3. The molecule has 0 aromatic heterocycles. The van der Waals surface area contributed by atoms with Gasteiger partial charge in [0.15, 0.2) is 0 Å². The first-order valence-electron chi connectivity index (χ1n) is 8.56. The molecule has 27 heavy (non-hydrogen) atoms. The van der Waals surface area contributed by atoms with Crippen molar-refractivity contribution in [2.75, 3.05) is 11.9 Å². The zero-order chi connectivity index (χ0) is 19.4. The molecule has 1 heterocycles. The highest BCUT2D eigenvalue weighted by molar-refractivity contribution is 6.30. The molecule has 2 aromatic rings. The maximum absolute atomic E-state index is 13.0. The number of allylic oxidation sites excluding steroid dienone is 1. The fraction of sp³-hybridized carbons (Fsp3) is 0.200. The van der Waals surface area contributed by atoms with Crippen molar-refractivity contribution in [2.24, 2.45) is 0 Å². The molecule has 7 heteroatoms. The lowest BCUT2D eigenvalue weighted by Crippen LogP contribution is -2.46. The minimum absolute atomic E-state index is 0.321. The van der Waals surface area contributed by atoms with Gasteiger partial charge in [0.25, 0.3) is 5.91 Å². The van der Waals surface area contributed by atoms with E-state index in [1.54, 1.807) is 37.3 Å². The summed E-state index contributed by atoms with van der Waals surface area (Å²) in [6.07, 6.45) is 0. The monoisotopic (exact) mass is 385 g/mol. The van der Waals surface area contributed by atoms with E-state index in [-0.39, 0.29) is 5.91 Å². The number of benzene rings is 2. The molecular weight excluding hydrogens is 366 g/mol. The van der Waals surface area contributed by atoms with E-state index in [4.69, 9.17) is 16.3 Å². The summed E-state index contributed by atoms with van der Waals surface area (Å²) >= 11 is 6.17. The van der Waals surface area contributed by atoms with E-state index in [9.17, 15) is 9.59 Å². The second-order valence-electron chi connectivity index (χ2n) is 6.01. The Bertz CT molecular complexity index is 897. The van der Waals surface area contributed by atoms with Crippen molar-refractivity contribution < 1.29 is 14.3 Å². The van der Waals surface area contributed by atoms with E-state index in [0.29, 0.717) is 39.9 Å². The van der Waals surface area contributed by atoms with Gasteiger partial charge in [0, 0.05) is 22.0 Å². The van der Waals surface area contributed by atoms with Gasteiger partial charge in [-0.05, 0) is 44.2 Å². The highest BCUT2D eigenvalue weighted by atomic mass is 35.5. The predicted octanol–water partition coefficient (Wildman–Crippen LogP) is 4.01. The molecule has 3 N–H and O–H groups in total. The minimum Gasteiger partial charge on any atom is -0.494 e. The summed E-state index contributed by atoms with van der Waals surface area (Å²) < 4.78 is 5.68. The molecule has 0 saturated carbocycles. The predicted molar refractivity (Wildman–Crippen MR) is 105 cm³/mol. The molecule has 3 rings (SSSR count). The van der Waals surface area contributed by atoms with Gasteiger partial charge in [-0.3, -0.25) is 4.79 Å². The maximum Gasteiger partial charge on any atom is 0.319 e. The molecule has 0 bridgehead atoms. The first-order chi connectivity index (χ1) is 13.0. The largest absolute Gasteiger partial charge is 0.494 e. The summed E-state index contributed by atoms with van der Waals surface area (Å²) in [7, 11) is 0. The number of urea groups is 1. The first-order valence-corrected chi connectivity index (χ1v) is 8.94. The Morgan fingerprint density at radius 3 is 2.67 bits per heavy atom. The molecule has 0 radical (unpaired) electrons. The van der Waals surface area contributed by atoms with Crippen LogP contribution in [-0.4, -0.2) is 18.5 Å². The number of para-hydroxylation sites is 1. The van der Waals surface area contributed by atoms with Crippen LogP contribution in [0.3, 0.4) is 0 Å². The Labute approximate surface area is 162 Å². The Morgan fingerprint density at radius 2 is 1.96 bits per heavy atom. The first kappa shape index (κ1) is 18.8. The van der Waals surface area contributed by atoms with Gasteiger partial charge in [-0.2, -0.15) is 0 Å². The topological polar surface area (TPSA) is 79.5 Å². The van der Waals surface area contributed by atoms with E-state index in [0.717, 1.165) is 0 Å². The van der Waals surface area contributed by atoms with Gasteiger partial charge in [-0.25, -0.2) is 4.79 Å². The molecule has 0 aliphatic carbocycles. The van der Waals surface area contributed by atoms with E-state index in [2.05, 4.69) is 16.0 Å². The number of rotatable bonds is 5. The summed E-state index contributed by atoms with van der Waals surface area (Å²) in [5, 5.41) is 8.80. The molecule has 1 aliphatic heterocycles. The van der Waals surface area contributed by atoms with Crippen molar-refractivity contribution in [3.8, 4) is 5.75 Å². The van der Waals surface area contributed by atoms with Crippen LogP contribution in [0.1, 0.15) is 25.5 Å². The zero-order valence-corrected chi connectivity index (χ0v) is 15.8. The summed E-state index contributed by atoms with van der Waals surface area (Å²) in [6.45, 7) is 4.00. The average molecular weight is 386 g/mol. The summed E-state index contributed by atoms with van der Waals surface area (Å²) in [5.41, 5.74) is 2.15. The third-order valence-electron chi connectivity index (χ3n) is 4.13. The van der Waals surface area contributed by atoms with E-state index in [1.807, 2.05) is 25.1 Å². The molecule has 0 unspecified atom stereocenters. The van der Waals surface area contributed by atoms with Gasteiger partial charge in [-0.15, -0.1) is 0 Å². The van der Waals surface area contributed by atoms with Crippen LogP contribution in [0.4, 0.5) is 10.5 Å². The van der Waals surface area contributed by atoms with Crippen molar-refractivity contribution in [3.63, 3.8) is 0 Å². The quantitative estimate of drug-likeness (QED) is 0.727. The number of amides is 3. The average Bonchev–Trinajstić information content (AvgIpc) is 2.63. The summed E-state index contributed by atoms with van der Waals surface area (Å²) in [4.78, 5) is 25.1. The molecule has 2 aromatic carbocycles. The lowest BCUT2D eigenvalue weighted by atomic mass is 9.94. The van der Waals surface area contributed by atoms with Crippen molar-refractivity contribution in [2.45, 2.75) is 19.9 Å². The second-order valence-corrected chi connectivity index (χ2v) is 6.44. The van der Waals surface area contributed by atoms with Crippen LogP contribution in [0.2, 0.25) is 5.02 Å². The minimum atomic E-state index is -0.692. The van der Waals surface area contributed by atoms with Gasteiger partial charge in [0.05, 0.1) is 18.2 Å². The third kappa shape index (κ3) is 4.23. The molecule has 140 valence electrons. The highest BCUT2D eigenvalue weighted by Gasteiger charge is 2.33. The van der Waals surface area contributed by atoms with Crippen molar-refractivity contribution in [1.29, 1.82) is 0 Å². The number of halogens is 1. The van der Waals surface area contributed by atoms with Gasteiger partial charge < -0.3 is 20.7 Å². The molecule has 1 aliphatic rings. The van der Waals surface area contributed by atoms with Crippen LogP contribution in [0, 0.1) is 0 Å². The molecule has 0 spiro atoms. The van der Waals surface area contributed by atoms with Crippen molar-refractivity contribution in [3.05, 3.63) is 70.4 Å². The Morgan fingerprint density at radius 1 is 1.22 bits per heavy atom. The number of carbonyl (C=O) groups is 2. The molecule has 1 atom stereocenters. The third-order valence-corrected chi connectivity index (χ3v) is 4.36. The van der Waals surface area contributed by atoms with Gasteiger partial charge >= 0.3 is 6.03 Å². The van der Waals surface area contributed by atoms with Crippen LogP contribution in [0.25, 0.3) is 0 Å². The Balaban J connectivity index is 2.02. The number of carbonyl (C=O) groups excluding carboxylic acids is 2. The molecular formula is C20H20ClN3O3. The van der Waals surface area contributed by atoms with Gasteiger partial charge in [0.1, 0.15) is 5.75 Å². The smallest absolute Gasteiger partial charge is 0.319 e. The SMILES string of the molecule is CCOc1ccc(Cl)cc1[C@H]1NC(=O)NC(C)=C1C(=O)Nc1ccccc1. The van der Waals surface area contributed by atoms with Gasteiger partial charge in [0.2, 0.25) is 0 Å². The summed E-state index contributed by atoms with van der Waals surface area (Å²) in [5.74, 6) is 0.241. The van der Waals surface area contributed by atoms with Crippen LogP contribution in [0.5, 0.6) is 5.75 Å². The Hall–Kier alpha value is -2.99. The standard InChI is InChI=1S/C20H20ClN3O3/c1-3-27-16-10-9-13(21)11-15(16)18-17(12(2)22-20(26)24-18)19(25)23-14-7-5-4-6-8-14/h4-11,18H,3H2,1-2H3,(H,23,25)(H2,22,24,26)/t18-/m1/s1. The maximum atomic E-state index is 13.0. The fourth-order valence-corrected chi connectivity index (χ4v) is 3.16. The van der Waals surface area contributed by atoms with Crippen LogP contribution >= 0.6 is 11.6 Å². The van der Waals surface area contributed by atoms with Crippen LogP contribution in [-0.2, 0) is 4.79 Å². The fourth-order valence-electron chi connectivity index (χ4n) is 2.98. The summed E-state index contributed by atoms with van der Waals surface area (Å²) in [6, 6.07) is 13.2. The van der Waals surface area contributed by atoms with Crippen molar-refractivity contribution >= 4 is 29.2 Å². The number of anilines is 1.